The van der Waals surface area contributed by atoms with E-state index in [9.17, 15) is 14.7 Å². The first-order valence-electron chi connectivity index (χ1n) is 8.90. The van der Waals surface area contributed by atoms with Gasteiger partial charge in [0.25, 0.3) is 5.91 Å². The molecule has 142 valence electrons. The van der Waals surface area contributed by atoms with Gasteiger partial charge in [-0.3, -0.25) is 9.59 Å². The smallest absolute Gasteiger partial charge is 0.305 e. The molecular weight excluding hydrogens is 346 g/mol. The van der Waals surface area contributed by atoms with Crippen molar-refractivity contribution in [1.82, 2.24) is 4.90 Å². The molecule has 1 heterocycles. The van der Waals surface area contributed by atoms with E-state index in [1.54, 1.807) is 24.1 Å². The lowest BCUT2D eigenvalue weighted by molar-refractivity contribution is -0.143. The van der Waals surface area contributed by atoms with Crippen LogP contribution in [0.1, 0.15) is 24.5 Å². The fourth-order valence-corrected chi connectivity index (χ4v) is 3.38. The second-order valence-corrected chi connectivity index (χ2v) is 6.56. The van der Waals surface area contributed by atoms with Gasteiger partial charge in [0, 0.05) is 25.3 Å². The van der Waals surface area contributed by atoms with Gasteiger partial charge in [-0.05, 0) is 18.6 Å². The van der Waals surface area contributed by atoms with Crippen molar-refractivity contribution in [2.24, 2.45) is 0 Å². The summed E-state index contributed by atoms with van der Waals surface area (Å²) in [5.41, 5.74) is 0.723. The molecule has 6 heteroatoms. The van der Waals surface area contributed by atoms with E-state index in [-0.39, 0.29) is 18.4 Å². The summed E-state index contributed by atoms with van der Waals surface area (Å²) in [5, 5.41) is 9.21. The third-order valence-corrected chi connectivity index (χ3v) is 4.73. The van der Waals surface area contributed by atoms with E-state index in [1.165, 1.54) is 0 Å². The van der Waals surface area contributed by atoms with E-state index in [0.29, 0.717) is 18.7 Å². The number of amides is 1. The number of carboxylic acids is 1. The number of ether oxygens (including phenoxy) is 2. The predicted octanol–water partition coefficient (Wildman–Crippen LogP) is 2.90. The first-order valence-corrected chi connectivity index (χ1v) is 8.90. The molecule has 1 N–H and O–H groups in total. The van der Waals surface area contributed by atoms with Crippen LogP contribution in [0.3, 0.4) is 0 Å². The van der Waals surface area contributed by atoms with Crippen LogP contribution in [0.15, 0.2) is 60.7 Å². The first-order chi connectivity index (χ1) is 13.1. The molecule has 6 nitrogen and oxygen atoms in total. The molecule has 0 aromatic heterocycles. The van der Waals surface area contributed by atoms with Crippen LogP contribution in [0.5, 0.6) is 5.75 Å². The van der Waals surface area contributed by atoms with E-state index in [1.807, 2.05) is 48.5 Å². The van der Waals surface area contributed by atoms with E-state index in [2.05, 4.69) is 0 Å². The number of nitrogens with zero attached hydrogens (tertiary/aromatic N) is 1. The second-order valence-electron chi connectivity index (χ2n) is 6.56. The summed E-state index contributed by atoms with van der Waals surface area (Å²) in [6, 6.07) is 18.0. The number of aliphatic carboxylic acids is 1. The molecule has 1 fully saturated rings. The SMILES string of the molecule is COC1CC(CC(=O)O)N(C(=O)C(Oc2ccccc2)c2ccccc2)C1. The zero-order valence-electron chi connectivity index (χ0n) is 15.2. The van der Waals surface area contributed by atoms with Crippen molar-refractivity contribution in [3.63, 3.8) is 0 Å². The second kappa shape index (κ2) is 8.68. The van der Waals surface area contributed by atoms with Gasteiger partial charge in [0.15, 0.2) is 0 Å². The molecule has 27 heavy (non-hydrogen) atoms. The van der Waals surface area contributed by atoms with Crippen LogP contribution >= 0.6 is 0 Å². The predicted molar refractivity (Wildman–Crippen MR) is 99.4 cm³/mol. The number of carbonyl (C=O) groups excluding carboxylic acids is 1. The van der Waals surface area contributed by atoms with E-state index in [0.717, 1.165) is 5.56 Å². The van der Waals surface area contributed by atoms with Gasteiger partial charge in [-0.25, -0.2) is 0 Å². The number of hydrogen-bond acceptors (Lipinski definition) is 4. The normalized spacial score (nSPS) is 20.3. The summed E-state index contributed by atoms with van der Waals surface area (Å²) in [6.45, 7) is 0.356. The third kappa shape index (κ3) is 4.65. The molecule has 1 aliphatic heterocycles. The van der Waals surface area contributed by atoms with Crippen LogP contribution in [-0.4, -0.2) is 47.7 Å². The minimum absolute atomic E-state index is 0.113. The minimum atomic E-state index is -0.935. The highest BCUT2D eigenvalue weighted by molar-refractivity contribution is 5.84. The lowest BCUT2D eigenvalue weighted by Crippen LogP contribution is -2.41. The molecule has 0 aliphatic carbocycles. The van der Waals surface area contributed by atoms with Gasteiger partial charge in [-0.2, -0.15) is 0 Å². The molecule has 1 aliphatic rings. The lowest BCUT2D eigenvalue weighted by Gasteiger charge is -2.28. The van der Waals surface area contributed by atoms with Gasteiger partial charge in [0.2, 0.25) is 6.10 Å². The number of methoxy groups -OCH3 is 1. The summed E-state index contributed by atoms with van der Waals surface area (Å²) >= 11 is 0. The number of carboxylic acid groups (broad SMARTS) is 1. The Labute approximate surface area is 158 Å². The van der Waals surface area contributed by atoms with E-state index < -0.39 is 18.1 Å². The topological polar surface area (TPSA) is 76.1 Å². The van der Waals surface area contributed by atoms with Gasteiger partial charge in [-0.15, -0.1) is 0 Å². The number of hydrogen-bond donors (Lipinski definition) is 1. The maximum absolute atomic E-state index is 13.4. The molecule has 0 radical (unpaired) electrons. The lowest BCUT2D eigenvalue weighted by atomic mass is 10.1. The van der Waals surface area contributed by atoms with Crippen LogP contribution in [0.25, 0.3) is 0 Å². The van der Waals surface area contributed by atoms with Gasteiger partial charge in [0.05, 0.1) is 12.5 Å². The van der Waals surface area contributed by atoms with Crippen LogP contribution in [-0.2, 0) is 14.3 Å². The Morgan fingerprint density at radius 3 is 2.33 bits per heavy atom. The average molecular weight is 369 g/mol. The third-order valence-electron chi connectivity index (χ3n) is 4.73. The van der Waals surface area contributed by atoms with E-state index in [4.69, 9.17) is 9.47 Å². The highest BCUT2D eigenvalue weighted by Crippen LogP contribution is 2.29. The molecule has 3 atom stereocenters. The van der Waals surface area contributed by atoms with Crippen LogP contribution < -0.4 is 4.74 Å². The number of carbonyl (C=O) groups is 2. The largest absolute Gasteiger partial charge is 0.481 e. The molecule has 0 bridgehead atoms. The monoisotopic (exact) mass is 369 g/mol. The van der Waals surface area contributed by atoms with Gasteiger partial charge in [-0.1, -0.05) is 48.5 Å². The molecule has 1 saturated heterocycles. The van der Waals surface area contributed by atoms with Crippen molar-refractivity contribution in [3.05, 3.63) is 66.2 Å². The molecule has 3 rings (SSSR count). The minimum Gasteiger partial charge on any atom is -0.481 e. The maximum atomic E-state index is 13.4. The highest BCUT2D eigenvalue weighted by Gasteiger charge is 2.40. The van der Waals surface area contributed by atoms with Gasteiger partial charge < -0.3 is 19.5 Å². The van der Waals surface area contributed by atoms with Crippen molar-refractivity contribution in [3.8, 4) is 5.75 Å². The van der Waals surface area contributed by atoms with Crippen molar-refractivity contribution in [2.45, 2.75) is 31.1 Å². The summed E-state index contributed by atoms with van der Waals surface area (Å²) in [7, 11) is 1.58. The maximum Gasteiger partial charge on any atom is 0.305 e. The molecule has 1 amide bonds. The molecule has 0 spiro atoms. The molecule has 3 unspecified atom stereocenters. The standard InChI is InChI=1S/C21H23NO5/c1-26-18-12-16(13-19(23)24)22(14-18)21(25)20(15-8-4-2-5-9-15)27-17-10-6-3-7-11-17/h2-11,16,18,20H,12-14H2,1H3,(H,23,24). The van der Waals surface area contributed by atoms with Crippen LogP contribution in [0, 0.1) is 0 Å². The summed E-state index contributed by atoms with van der Waals surface area (Å²) in [4.78, 5) is 26.2. The number of para-hydroxylation sites is 1. The molecular formula is C21H23NO5. The summed E-state index contributed by atoms with van der Waals surface area (Å²) in [6.07, 6.45) is -0.633. The van der Waals surface area contributed by atoms with Crippen molar-refractivity contribution in [1.29, 1.82) is 0 Å². The Morgan fingerprint density at radius 1 is 1.11 bits per heavy atom. The zero-order valence-corrected chi connectivity index (χ0v) is 15.2. The molecule has 2 aromatic rings. The number of rotatable bonds is 7. The Morgan fingerprint density at radius 2 is 1.74 bits per heavy atom. The van der Waals surface area contributed by atoms with Crippen molar-refractivity contribution >= 4 is 11.9 Å². The van der Waals surface area contributed by atoms with Crippen molar-refractivity contribution in [2.75, 3.05) is 13.7 Å². The number of benzene rings is 2. The Balaban J connectivity index is 1.88. The summed E-state index contributed by atoms with van der Waals surface area (Å²) < 4.78 is 11.4. The van der Waals surface area contributed by atoms with Gasteiger partial charge in [0.1, 0.15) is 5.75 Å². The fraction of sp³-hybridized carbons (Fsp3) is 0.333. The van der Waals surface area contributed by atoms with Crippen molar-refractivity contribution < 1.29 is 24.2 Å². The molecule has 0 saturated carbocycles. The van der Waals surface area contributed by atoms with E-state index >= 15 is 0 Å². The fourth-order valence-electron chi connectivity index (χ4n) is 3.38. The Kier molecular flexibility index (Phi) is 6.08. The van der Waals surface area contributed by atoms with Gasteiger partial charge >= 0.3 is 5.97 Å². The zero-order chi connectivity index (χ0) is 19.2. The first kappa shape index (κ1) is 18.9. The quantitative estimate of drug-likeness (QED) is 0.812. The Hall–Kier alpha value is -2.86. The molecule has 2 aromatic carbocycles. The van der Waals surface area contributed by atoms with Crippen LogP contribution in [0.4, 0.5) is 0 Å². The average Bonchev–Trinajstić information content (AvgIpc) is 3.09. The van der Waals surface area contributed by atoms with Crippen LogP contribution in [0.2, 0.25) is 0 Å². The summed E-state index contributed by atoms with van der Waals surface area (Å²) in [5.74, 6) is -0.609. The Bertz CT molecular complexity index is 765. The highest BCUT2D eigenvalue weighted by atomic mass is 16.5. The number of likely N-dealkylation sites (tertiary alicyclic amines) is 1.